The lowest BCUT2D eigenvalue weighted by Gasteiger charge is -2.14. The molecule has 0 spiro atoms. The molecule has 0 radical (unpaired) electrons. The Morgan fingerprint density at radius 2 is 1.64 bits per heavy atom. The van der Waals surface area contributed by atoms with Gasteiger partial charge in [0.05, 0.1) is 11.4 Å². The van der Waals surface area contributed by atoms with Gasteiger partial charge in [0.15, 0.2) is 0 Å². The molecule has 0 saturated carbocycles. The molecule has 0 fully saturated rings. The average molecular weight is 394 g/mol. The summed E-state index contributed by atoms with van der Waals surface area (Å²) in [6.07, 6.45) is 0. The van der Waals surface area contributed by atoms with E-state index in [-0.39, 0.29) is 18.0 Å². The Labute approximate surface area is 163 Å². The Bertz CT molecular complexity index is 1110. The maximum atomic E-state index is 12.6. The molecular formula is C21H18N2O4S. The third kappa shape index (κ3) is 3.76. The molecule has 0 aliphatic carbocycles. The van der Waals surface area contributed by atoms with Crippen LogP contribution in [0.5, 0.6) is 11.5 Å². The van der Waals surface area contributed by atoms with E-state index in [2.05, 4.69) is 5.32 Å². The summed E-state index contributed by atoms with van der Waals surface area (Å²) in [5.41, 5.74) is 1.24. The van der Waals surface area contributed by atoms with Crippen LogP contribution in [0, 0.1) is 0 Å². The molecule has 1 N–H and O–H groups in total. The van der Waals surface area contributed by atoms with Gasteiger partial charge < -0.3 is 10.1 Å². The first-order chi connectivity index (χ1) is 13.5. The first-order valence-corrected chi connectivity index (χ1v) is 10.2. The van der Waals surface area contributed by atoms with E-state index in [1.54, 1.807) is 48.5 Å². The number of benzene rings is 3. The Hall–Kier alpha value is -3.16. The number of nitrogens with one attached hydrogen (secondary N) is 1. The predicted molar refractivity (Wildman–Crippen MR) is 106 cm³/mol. The molecule has 1 aliphatic heterocycles. The van der Waals surface area contributed by atoms with Gasteiger partial charge in [-0.2, -0.15) is 4.31 Å². The molecule has 3 aromatic carbocycles. The van der Waals surface area contributed by atoms with Crippen molar-refractivity contribution in [1.82, 2.24) is 4.31 Å². The summed E-state index contributed by atoms with van der Waals surface area (Å²) < 4.78 is 32.0. The van der Waals surface area contributed by atoms with Crippen molar-refractivity contribution >= 4 is 21.6 Å². The van der Waals surface area contributed by atoms with Gasteiger partial charge in [-0.25, -0.2) is 8.42 Å². The van der Waals surface area contributed by atoms with Crippen LogP contribution in [0.2, 0.25) is 0 Å². The van der Waals surface area contributed by atoms with E-state index < -0.39 is 15.9 Å². The highest BCUT2D eigenvalue weighted by molar-refractivity contribution is 7.89. The number of carbonyl (C=O) groups excluding carboxylic acids is 1. The van der Waals surface area contributed by atoms with E-state index >= 15 is 0 Å². The van der Waals surface area contributed by atoms with Crippen molar-refractivity contribution in [2.24, 2.45) is 0 Å². The number of amides is 1. The molecule has 0 atom stereocenters. The third-order valence-corrected chi connectivity index (χ3v) is 6.25. The zero-order valence-electron chi connectivity index (χ0n) is 14.9. The number of hydrogen-bond donors (Lipinski definition) is 1. The molecule has 0 unspecified atom stereocenters. The maximum absolute atomic E-state index is 12.6. The van der Waals surface area contributed by atoms with Gasteiger partial charge in [0.1, 0.15) is 11.5 Å². The predicted octanol–water partition coefficient (Wildman–Crippen LogP) is 3.62. The smallest absolute Gasteiger partial charge is 0.244 e. The molecule has 0 bridgehead atoms. The first kappa shape index (κ1) is 18.2. The molecule has 4 rings (SSSR count). The van der Waals surface area contributed by atoms with Crippen molar-refractivity contribution in [3.63, 3.8) is 0 Å². The summed E-state index contributed by atoms with van der Waals surface area (Å²) in [5, 5.41) is 2.73. The largest absolute Gasteiger partial charge is 0.457 e. The van der Waals surface area contributed by atoms with E-state index in [4.69, 9.17) is 4.74 Å². The van der Waals surface area contributed by atoms with Crippen molar-refractivity contribution in [2.45, 2.75) is 11.4 Å². The van der Waals surface area contributed by atoms with E-state index in [1.807, 2.05) is 30.3 Å². The SMILES string of the molecule is O=C(CN1Cc2ccccc2S1(=O)=O)Nc1cccc(Oc2ccccc2)c1. The van der Waals surface area contributed by atoms with Gasteiger partial charge in [0, 0.05) is 18.3 Å². The normalized spacial score (nSPS) is 15.0. The van der Waals surface area contributed by atoms with Crippen LogP contribution in [-0.2, 0) is 21.4 Å². The lowest BCUT2D eigenvalue weighted by Crippen LogP contribution is -2.33. The highest BCUT2D eigenvalue weighted by atomic mass is 32.2. The topological polar surface area (TPSA) is 75.7 Å². The quantitative estimate of drug-likeness (QED) is 0.717. The molecule has 1 aliphatic rings. The van der Waals surface area contributed by atoms with Gasteiger partial charge in [-0.3, -0.25) is 4.79 Å². The Morgan fingerprint density at radius 1 is 0.929 bits per heavy atom. The van der Waals surface area contributed by atoms with Crippen LogP contribution in [0.1, 0.15) is 5.56 Å². The second-order valence-electron chi connectivity index (χ2n) is 6.37. The van der Waals surface area contributed by atoms with Gasteiger partial charge >= 0.3 is 0 Å². The third-order valence-electron chi connectivity index (χ3n) is 4.35. The number of hydrogen-bond acceptors (Lipinski definition) is 4. The number of anilines is 1. The number of fused-ring (bicyclic) bond motifs is 1. The molecule has 1 amide bonds. The minimum atomic E-state index is -3.63. The van der Waals surface area contributed by atoms with Crippen LogP contribution in [0.4, 0.5) is 5.69 Å². The average Bonchev–Trinajstić information content (AvgIpc) is 2.93. The number of nitrogens with zero attached hydrogens (tertiary/aromatic N) is 1. The Morgan fingerprint density at radius 3 is 2.43 bits per heavy atom. The van der Waals surface area contributed by atoms with E-state index in [0.717, 1.165) is 0 Å². The van der Waals surface area contributed by atoms with Gasteiger partial charge in [-0.05, 0) is 35.9 Å². The number of para-hydroxylation sites is 1. The summed E-state index contributed by atoms with van der Waals surface area (Å²) in [6.45, 7) is -0.0517. The highest BCUT2D eigenvalue weighted by Gasteiger charge is 2.35. The van der Waals surface area contributed by atoms with E-state index in [1.165, 1.54) is 4.31 Å². The Balaban J connectivity index is 1.43. The van der Waals surface area contributed by atoms with Gasteiger partial charge in [-0.1, -0.05) is 42.5 Å². The lowest BCUT2D eigenvalue weighted by molar-refractivity contribution is -0.116. The van der Waals surface area contributed by atoms with Crippen molar-refractivity contribution in [3.8, 4) is 11.5 Å². The van der Waals surface area contributed by atoms with Crippen LogP contribution < -0.4 is 10.1 Å². The second-order valence-corrected chi connectivity index (χ2v) is 8.28. The summed E-state index contributed by atoms with van der Waals surface area (Å²) in [6, 6.07) is 23.1. The monoisotopic (exact) mass is 394 g/mol. The molecule has 28 heavy (non-hydrogen) atoms. The van der Waals surface area contributed by atoms with Crippen LogP contribution in [0.25, 0.3) is 0 Å². The molecule has 0 aromatic heterocycles. The fourth-order valence-corrected chi connectivity index (χ4v) is 4.65. The van der Waals surface area contributed by atoms with Gasteiger partial charge in [0.25, 0.3) is 0 Å². The molecule has 1 heterocycles. The van der Waals surface area contributed by atoms with Gasteiger partial charge in [-0.15, -0.1) is 0 Å². The molecular weight excluding hydrogens is 376 g/mol. The summed E-state index contributed by atoms with van der Waals surface area (Å²) in [7, 11) is -3.63. The zero-order valence-corrected chi connectivity index (χ0v) is 15.7. The molecule has 6 nitrogen and oxygen atoms in total. The molecule has 7 heteroatoms. The maximum Gasteiger partial charge on any atom is 0.244 e. The number of ether oxygens (including phenoxy) is 1. The first-order valence-electron chi connectivity index (χ1n) is 8.73. The van der Waals surface area contributed by atoms with Crippen LogP contribution >= 0.6 is 0 Å². The van der Waals surface area contributed by atoms with Gasteiger partial charge in [0.2, 0.25) is 15.9 Å². The number of carbonyl (C=O) groups is 1. The van der Waals surface area contributed by atoms with Crippen molar-refractivity contribution in [1.29, 1.82) is 0 Å². The highest BCUT2D eigenvalue weighted by Crippen LogP contribution is 2.29. The fourth-order valence-electron chi connectivity index (χ4n) is 3.06. The van der Waals surface area contributed by atoms with Crippen LogP contribution in [0.15, 0.2) is 83.8 Å². The number of rotatable bonds is 5. The standard InChI is InChI=1S/C21H18N2O4S/c24-21(15-23-14-16-7-4-5-12-20(16)28(23,25)26)22-17-8-6-11-19(13-17)27-18-9-2-1-3-10-18/h1-13H,14-15H2,(H,22,24). The lowest BCUT2D eigenvalue weighted by atomic mass is 10.2. The summed E-state index contributed by atoms with van der Waals surface area (Å²) >= 11 is 0. The van der Waals surface area contributed by atoms with Crippen molar-refractivity contribution in [2.75, 3.05) is 11.9 Å². The molecule has 3 aromatic rings. The van der Waals surface area contributed by atoms with Crippen molar-refractivity contribution < 1.29 is 17.9 Å². The second kappa shape index (κ2) is 7.46. The van der Waals surface area contributed by atoms with E-state index in [0.29, 0.717) is 22.7 Å². The van der Waals surface area contributed by atoms with Crippen molar-refractivity contribution in [3.05, 3.63) is 84.4 Å². The van der Waals surface area contributed by atoms with E-state index in [9.17, 15) is 13.2 Å². The summed E-state index contributed by atoms with van der Waals surface area (Å²) in [4.78, 5) is 12.7. The zero-order chi connectivity index (χ0) is 19.6. The van der Waals surface area contributed by atoms with Crippen LogP contribution in [-0.4, -0.2) is 25.2 Å². The molecule has 0 saturated heterocycles. The summed E-state index contributed by atoms with van der Waals surface area (Å²) in [5.74, 6) is 0.852. The Kier molecular flexibility index (Phi) is 4.85. The molecule has 142 valence electrons. The van der Waals surface area contributed by atoms with Crippen LogP contribution in [0.3, 0.4) is 0 Å². The fraction of sp³-hybridized carbons (Fsp3) is 0.0952. The number of sulfonamides is 1. The minimum Gasteiger partial charge on any atom is -0.457 e. The minimum absolute atomic E-state index is 0.198.